The third-order valence-electron chi connectivity index (χ3n) is 5.57. The van der Waals surface area contributed by atoms with Gasteiger partial charge < -0.3 is 24.7 Å². The summed E-state index contributed by atoms with van der Waals surface area (Å²) in [4.78, 5) is 0. The molecule has 0 bridgehead atoms. The van der Waals surface area contributed by atoms with Crippen LogP contribution in [0.1, 0.15) is 28.2 Å². The van der Waals surface area contributed by atoms with Crippen LogP contribution in [-0.4, -0.2) is 6.79 Å². The number of rotatable bonds is 4. The number of nitrogens with zero attached hydrogens (tertiary/aromatic N) is 2. The van der Waals surface area contributed by atoms with E-state index in [4.69, 9.17) is 47.9 Å². The van der Waals surface area contributed by atoms with E-state index >= 15 is 0 Å². The molecule has 0 unspecified atom stereocenters. The van der Waals surface area contributed by atoms with Crippen LogP contribution in [0.4, 0.5) is 0 Å². The van der Waals surface area contributed by atoms with Crippen LogP contribution in [0.15, 0.2) is 60.0 Å². The highest BCUT2D eigenvalue weighted by Crippen LogP contribution is 2.49. The van der Waals surface area contributed by atoms with Gasteiger partial charge in [0.2, 0.25) is 12.7 Å². The number of nitrogens with two attached hydrogens (primary N) is 1. The summed E-state index contributed by atoms with van der Waals surface area (Å²) in [6, 6.07) is 18.2. The van der Waals surface area contributed by atoms with Crippen LogP contribution in [0.3, 0.4) is 0 Å². The maximum Gasteiger partial charge on any atom is 0.231 e. The SMILES string of the molecule is N#CC1=C(N)Oc2cc3c(cc2[C@@H]1c1cc(Cl)c(OCc2ccccc2C#N)c(Cl)c1)OCO3. The Bertz CT molecular complexity index is 1420. The first-order valence-electron chi connectivity index (χ1n) is 10.1. The molecule has 0 fully saturated rings. The molecule has 0 radical (unpaired) electrons. The lowest BCUT2D eigenvalue weighted by molar-refractivity contribution is 0.174. The van der Waals surface area contributed by atoms with Crippen molar-refractivity contribution in [3.05, 3.63) is 92.3 Å². The molecule has 2 aliphatic rings. The van der Waals surface area contributed by atoms with Gasteiger partial charge in [0, 0.05) is 17.2 Å². The molecule has 0 aromatic heterocycles. The van der Waals surface area contributed by atoms with Crippen molar-refractivity contribution in [3.8, 4) is 35.1 Å². The topological polar surface area (TPSA) is 111 Å². The zero-order chi connectivity index (χ0) is 23.8. The lowest BCUT2D eigenvalue weighted by Gasteiger charge is -2.27. The Morgan fingerprint density at radius 3 is 2.38 bits per heavy atom. The fourth-order valence-corrected chi connectivity index (χ4v) is 4.59. The molecule has 3 aromatic rings. The van der Waals surface area contributed by atoms with Crippen molar-refractivity contribution in [1.29, 1.82) is 10.5 Å². The van der Waals surface area contributed by atoms with Crippen LogP contribution in [0.25, 0.3) is 0 Å². The van der Waals surface area contributed by atoms with Gasteiger partial charge in [-0.25, -0.2) is 0 Å². The summed E-state index contributed by atoms with van der Waals surface area (Å²) in [6.07, 6.45) is 0. The maximum atomic E-state index is 9.82. The number of halogens is 2. The smallest absolute Gasteiger partial charge is 0.231 e. The van der Waals surface area contributed by atoms with Crippen molar-refractivity contribution in [2.75, 3.05) is 6.79 Å². The first-order valence-corrected chi connectivity index (χ1v) is 10.9. The van der Waals surface area contributed by atoms with E-state index in [9.17, 15) is 10.5 Å². The maximum absolute atomic E-state index is 9.82. The molecule has 0 saturated carbocycles. The summed E-state index contributed by atoms with van der Waals surface area (Å²) in [6.45, 7) is 0.206. The highest BCUT2D eigenvalue weighted by molar-refractivity contribution is 6.37. The predicted molar refractivity (Wildman–Crippen MR) is 124 cm³/mol. The number of hydrogen-bond acceptors (Lipinski definition) is 7. The molecule has 7 nitrogen and oxygen atoms in total. The van der Waals surface area contributed by atoms with E-state index in [1.165, 1.54) is 0 Å². The minimum atomic E-state index is -0.591. The second-order valence-corrected chi connectivity index (χ2v) is 8.35. The Kier molecular flexibility index (Phi) is 5.59. The van der Waals surface area contributed by atoms with E-state index in [-0.39, 0.29) is 40.7 Å². The minimum Gasteiger partial charge on any atom is -0.486 e. The minimum absolute atomic E-state index is 0.0143. The van der Waals surface area contributed by atoms with Gasteiger partial charge >= 0.3 is 0 Å². The van der Waals surface area contributed by atoms with Crippen molar-refractivity contribution in [2.24, 2.45) is 5.73 Å². The van der Waals surface area contributed by atoms with Crippen LogP contribution in [-0.2, 0) is 6.61 Å². The first-order chi connectivity index (χ1) is 16.5. The molecule has 2 heterocycles. The first kappa shape index (κ1) is 21.8. The third-order valence-corrected chi connectivity index (χ3v) is 6.14. The summed E-state index contributed by atoms with van der Waals surface area (Å²) in [5, 5.41) is 19.6. The predicted octanol–water partition coefficient (Wildman–Crippen LogP) is 5.39. The van der Waals surface area contributed by atoms with Gasteiger partial charge in [-0.1, -0.05) is 41.4 Å². The fraction of sp³-hybridized carbons (Fsp3) is 0.120. The van der Waals surface area contributed by atoms with Crippen molar-refractivity contribution < 1.29 is 18.9 Å². The van der Waals surface area contributed by atoms with Crippen molar-refractivity contribution >= 4 is 23.2 Å². The largest absolute Gasteiger partial charge is 0.486 e. The Hall–Kier alpha value is -4.04. The van der Waals surface area contributed by atoms with E-state index in [0.29, 0.717) is 39.5 Å². The second-order valence-electron chi connectivity index (χ2n) is 7.54. The average Bonchev–Trinajstić information content (AvgIpc) is 3.28. The van der Waals surface area contributed by atoms with Crippen molar-refractivity contribution in [1.82, 2.24) is 0 Å². The van der Waals surface area contributed by atoms with Gasteiger partial charge in [-0.15, -0.1) is 0 Å². The highest BCUT2D eigenvalue weighted by atomic mass is 35.5. The number of ether oxygens (including phenoxy) is 4. The standard InChI is InChI=1S/C25H15Cl2N3O4/c26-18-5-15(6-19(27)24(18)31-11-14-4-2-1-3-13(14)9-28)23-16-7-21-22(33-12-32-21)8-20(16)34-25(30)17(23)10-29/h1-8,23H,11-12,30H2/t23-/m0/s1. The molecule has 5 rings (SSSR count). The van der Waals surface area contributed by atoms with Crippen LogP contribution in [0, 0.1) is 22.7 Å². The Balaban J connectivity index is 1.53. The summed E-state index contributed by atoms with van der Waals surface area (Å²) < 4.78 is 22.5. The number of fused-ring (bicyclic) bond motifs is 2. The van der Waals surface area contributed by atoms with E-state index < -0.39 is 5.92 Å². The number of allylic oxidation sites excluding steroid dienone is 1. The van der Waals surface area contributed by atoms with Crippen LogP contribution < -0.4 is 24.7 Å². The lowest BCUT2D eigenvalue weighted by atomic mass is 9.83. The summed E-state index contributed by atoms with van der Waals surface area (Å²) in [5.41, 5.74) is 8.79. The fourth-order valence-electron chi connectivity index (χ4n) is 3.98. The number of hydrogen-bond donors (Lipinski definition) is 1. The van der Waals surface area contributed by atoms with Crippen LogP contribution >= 0.6 is 23.2 Å². The zero-order valence-corrected chi connectivity index (χ0v) is 19.0. The highest BCUT2D eigenvalue weighted by Gasteiger charge is 2.34. The summed E-state index contributed by atoms with van der Waals surface area (Å²) in [7, 11) is 0. The number of nitriles is 2. The molecule has 1 atom stereocenters. The molecule has 2 aliphatic heterocycles. The molecule has 2 N–H and O–H groups in total. The van der Waals surface area contributed by atoms with Gasteiger partial charge in [-0.3, -0.25) is 0 Å². The van der Waals surface area contributed by atoms with Gasteiger partial charge in [0.1, 0.15) is 24.0 Å². The van der Waals surface area contributed by atoms with Gasteiger partial charge in [0.05, 0.1) is 27.6 Å². The molecule has 34 heavy (non-hydrogen) atoms. The monoisotopic (exact) mass is 491 g/mol. The zero-order valence-electron chi connectivity index (χ0n) is 17.5. The molecule has 0 saturated heterocycles. The molecule has 3 aromatic carbocycles. The Morgan fingerprint density at radius 2 is 1.68 bits per heavy atom. The third kappa shape index (κ3) is 3.72. The molecule has 9 heteroatoms. The van der Waals surface area contributed by atoms with Gasteiger partial charge in [0.15, 0.2) is 17.2 Å². The van der Waals surface area contributed by atoms with Gasteiger partial charge in [0.25, 0.3) is 0 Å². The normalized spacial score (nSPS) is 15.7. The van der Waals surface area contributed by atoms with E-state index in [1.54, 1.807) is 42.5 Å². The summed E-state index contributed by atoms with van der Waals surface area (Å²) in [5.74, 6) is 1.19. The molecular formula is C25H15Cl2N3O4. The molecule has 0 amide bonds. The van der Waals surface area contributed by atoms with Crippen LogP contribution in [0.2, 0.25) is 10.0 Å². The number of benzene rings is 3. The van der Waals surface area contributed by atoms with E-state index in [0.717, 1.165) is 0 Å². The van der Waals surface area contributed by atoms with Gasteiger partial charge in [-0.2, -0.15) is 10.5 Å². The Labute approximate surface area is 205 Å². The van der Waals surface area contributed by atoms with Gasteiger partial charge in [-0.05, 0) is 29.8 Å². The second kappa shape index (κ2) is 8.72. The molecular weight excluding hydrogens is 477 g/mol. The lowest BCUT2D eigenvalue weighted by Crippen LogP contribution is -2.21. The molecule has 0 aliphatic carbocycles. The van der Waals surface area contributed by atoms with E-state index in [1.807, 2.05) is 6.07 Å². The summed E-state index contributed by atoms with van der Waals surface area (Å²) >= 11 is 13.1. The quantitative estimate of drug-likeness (QED) is 0.520. The molecule has 168 valence electrons. The Morgan fingerprint density at radius 1 is 0.971 bits per heavy atom. The molecule has 0 spiro atoms. The van der Waals surface area contributed by atoms with Crippen LogP contribution in [0.5, 0.6) is 23.0 Å². The van der Waals surface area contributed by atoms with Crippen molar-refractivity contribution in [2.45, 2.75) is 12.5 Å². The van der Waals surface area contributed by atoms with E-state index in [2.05, 4.69) is 12.1 Å². The van der Waals surface area contributed by atoms with Crippen molar-refractivity contribution in [3.63, 3.8) is 0 Å². The average molecular weight is 492 g/mol.